The number of hydrogen-bond acceptors (Lipinski definition) is 2. The molecule has 1 atom stereocenters. The van der Waals surface area contributed by atoms with Crippen molar-refractivity contribution in [2.45, 2.75) is 19.4 Å². The van der Waals surface area contributed by atoms with E-state index >= 15 is 0 Å². The average Bonchev–Trinajstić information content (AvgIpc) is 2.46. The highest BCUT2D eigenvalue weighted by atomic mass is 19.1. The van der Waals surface area contributed by atoms with E-state index in [0.29, 0.717) is 0 Å². The molecule has 2 rings (SSSR count). The number of halogens is 1. The van der Waals surface area contributed by atoms with Crippen molar-refractivity contribution in [3.05, 3.63) is 65.0 Å². The Kier molecular flexibility index (Phi) is 4.74. The SMILES string of the molecule is CNC(Cc1ccccc1C)c1ccc(OC)c(F)c1. The molecule has 2 aromatic rings. The van der Waals surface area contributed by atoms with Crippen molar-refractivity contribution >= 4 is 0 Å². The van der Waals surface area contributed by atoms with Gasteiger partial charge in [-0.2, -0.15) is 0 Å². The lowest BCUT2D eigenvalue weighted by Gasteiger charge is -2.18. The Morgan fingerprint density at radius 3 is 2.55 bits per heavy atom. The van der Waals surface area contributed by atoms with Crippen molar-refractivity contribution in [1.82, 2.24) is 5.32 Å². The molecular formula is C17H20FNO. The lowest BCUT2D eigenvalue weighted by Crippen LogP contribution is -2.19. The van der Waals surface area contributed by atoms with Crippen LogP contribution < -0.4 is 10.1 Å². The molecule has 0 aliphatic heterocycles. The first-order valence-electron chi connectivity index (χ1n) is 6.71. The van der Waals surface area contributed by atoms with E-state index in [-0.39, 0.29) is 17.6 Å². The fraction of sp³-hybridized carbons (Fsp3) is 0.294. The normalized spacial score (nSPS) is 12.2. The highest BCUT2D eigenvalue weighted by Crippen LogP contribution is 2.24. The highest BCUT2D eigenvalue weighted by molar-refractivity contribution is 5.33. The van der Waals surface area contributed by atoms with Gasteiger partial charge in [-0.25, -0.2) is 4.39 Å². The van der Waals surface area contributed by atoms with Gasteiger partial charge in [0.05, 0.1) is 7.11 Å². The first-order chi connectivity index (χ1) is 9.65. The third kappa shape index (κ3) is 3.17. The quantitative estimate of drug-likeness (QED) is 0.898. The Morgan fingerprint density at radius 1 is 1.20 bits per heavy atom. The van der Waals surface area contributed by atoms with E-state index in [9.17, 15) is 4.39 Å². The second-order valence-electron chi connectivity index (χ2n) is 4.87. The molecular weight excluding hydrogens is 253 g/mol. The molecule has 0 bridgehead atoms. The third-order valence-electron chi connectivity index (χ3n) is 3.61. The number of nitrogens with one attached hydrogen (secondary N) is 1. The fourth-order valence-electron chi connectivity index (χ4n) is 2.34. The van der Waals surface area contributed by atoms with Crippen LogP contribution in [-0.2, 0) is 6.42 Å². The van der Waals surface area contributed by atoms with Gasteiger partial charge < -0.3 is 10.1 Å². The second kappa shape index (κ2) is 6.53. The molecule has 1 N–H and O–H groups in total. The maximum Gasteiger partial charge on any atom is 0.165 e. The van der Waals surface area contributed by atoms with Crippen LogP contribution in [0.4, 0.5) is 4.39 Å². The number of aryl methyl sites for hydroxylation is 1. The maximum absolute atomic E-state index is 13.8. The van der Waals surface area contributed by atoms with E-state index in [1.165, 1.54) is 24.3 Å². The minimum atomic E-state index is -0.324. The van der Waals surface area contributed by atoms with Gasteiger partial charge in [0.2, 0.25) is 0 Å². The molecule has 0 aromatic heterocycles. The molecule has 20 heavy (non-hydrogen) atoms. The Morgan fingerprint density at radius 2 is 1.95 bits per heavy atom. The predicted molar refractivity (Wildman–Crippen MR) is 79.6 cm³/mol. The van der Waals surface area contributed by atoms with E-state index in [2.05, 4.69) is 24.4 Å². The van der Waals surface area contributed by atoms with Gasteiger partial charge in [0.15, 0.2) is 11.6 Å². The number of methoxy groups -OCH3 is 1. The molecule has 1 unspecified atom stereocenters. The summed E-state index contributed by atoms with van der Waals surface area (Å²) in [6.45, 7) is 2.09. The number of likely N-dealkylation sites (N-methyl/N-ethyl adjacent to an activating group) is 1. The first-order valence-corrected chi connectivity index (χ1v) is 6.71. The van der Waals surface area contributed by atoms with Crippen molar-refractivity contribution in [3.63, 3.8) is 0 Å². The van der Waals surface area contributed by atoms with Crippen molar-refractivity contribution in [1.29, 1.82) is 0 Å². The first kappa shape index (κ1) is 14.5. The zero-order chi connectivity index (χ0) is 14.5. The predicted octanol–water partition coefficient (Wildman–Crippen LogP) is 3.65. The fourth-order valence-corrected chi connectivity index (χ4v) is 2.34. The van der Waals surface area contributed by atoms with E-state index in [1.54, 1.807) is 6.07 Å². The van der Waals surface area contributed by atoms with Crippen LogP contribution in [0, 0.1) is 12.7 Å². The average molecular weight is 273 g/mol. The van der Waals surface area contributed by atoms with Gasteiger partial charge >= 0.3 is 0 Å². The Hall–Kier alpha value is -1.87. The number of ether oxygens (including phenoxy) is 1. The van der Waals surface area contributed by atoms with Crippen LogP contribution in [-0.4, -0.2) is 14.2 Å². The summed E-state index contributed by atoms with van der Waals surface area (Å²) in [7, 11) is 3.37. The third-order valence-corrected chi connectivity index (χ3v) is 3.61. The zero-order valence-electron chi connectivity index (χ0n) is 12.1. The highest BCUT2D eigenvalue weighted by Gasteiger charge is 2.13. The monoisotopic (exact) mass is 273 g/mol. The molecule has 0 fully saturated rings. The molecule has 3 heteroatoms. The van der Waals surface area contributed by atoms with Crippen LogP contribution in [0.2, 0.25) is 0 Å². The second-order valence-corrected chi connectivity index (χ2v) is 4.87. The standard InChI is InChI=1S/C17H20FNO/c1-12-6-4-5-7-13(12)11-16(19-2)14-8-9-17(20-3)15(18)10-14/h4-10,16,19H,11H2,1-3H3. The van der Waals surface area contributed by atoms with E-state index in [0.717, 1.165) is 12.0 Å². The Bertz CT molecular complexity index is 583. The van der Waals surface area contributed by atoms with Crippen LogP contribution in [0.5, 0.6) is 5.75 Å². The Balaban J connectivity index is 2.24. The van der Waals surface area contributed by atoms with Gasteiger partial charge in [-0.05, 0) is 49.2 Å². The topological polar surface area (TPSA) is 21.3 Å². The summed E-state index contributed by atoms with van der Waals surface area (Å²) < 4.78 is 18.8. The maximum atomic E-state index is 13.8. The Labute approximate surface area is 119 Å². The molecule has 2 nitrogen and oxygen atoms in total. The van der Waals surface area contributed by atoms with Crippen molar-refractivity contribution < 1.29 is 9.13 Å². The van der Waals surface area contributed by atoms with Crippen LogP contribution in [0.25, 0.3) is 0 Å². The lowest BCUT2D eigenvalue weighted by atomic mass is 9.96. The van der Waals surface area contributed by atoms with Crippen LogP contribution >= 0.6 is 0 Å². The zero-order valence-corrected chi connectivity index (χ0v) is 12.1. The van der Waals surface area contributed by atoms with Crippen LogP contribution in [0.1, 0.15) is 22.7 Å². The summed E-state index contributed by atoms with van der Waals surface area (Å²) >= 11 is 0. The molecule has 2 aromatic carbocycles. The molecule has 0 amide bonds. The molecule has 0 saturated heterocycles. The van der Waals surface area contributed by atoms with E-state index in [1.807, 2.05) is 25.2 Å². The van der Waals surface area contributed by atoms with E-state index in [4.69, 9.17) is 4.74 Å². The lowest BCUT2D eigenvalue weighted by molar-refractivity contribution is 0.385. The molecule has 0 aliphatic rings. The van der Waals surface area contributed by atoms with Crippen molar-refractivity contribution in [2.75, 3.05) is 14.2 Å². The van der Waals surface area contributed by atoms with Crippen LogP contribution in [0.3, 0.4) is 0 Å². The summed E-state index contributed by atoms with van der Waals surface area (Å²) in [6.07, 6.45) is 0.828. The molecule has 0 saturated carbocycles. The van der Waals surface area contributed by atoms with Gasteiger partial charge in [-0.1, -0.05) is 30.3 Å². The number of hydrogen-bond donors (Lipinski definition) is 1. The smallest absolute Gasteiger partial charge is 0.165 e. The minimum absolute atomic E-state index is 0.0801. The largest absolute Gasteiger partial charge is 0.494 e. The van der Waals surface area contributed by atoms with Gasteiger partial charge in [0, 0.05) is 6.04 Å². The summed E-state index contributed by atoms with van der Waals surface area (Å²) in [5.41, 5.74) is 3.44. The van der Waals surface area contributed by atoms with Crippen LogP contribution in [0.15, 0.2) is 42.5 Å². The summed E-state index contributed by atoms with van der Waals surface area (Å²) in [5.74, 6) is -0.0467. The number of rotatable bonds is 5. The van der Waals surface area contributed by atoms with Gasteiger partial charge in [0.1, 0.15) is 0 Å². The molecule has 0 heterocycles. The number of benzene rings is 2. The molecule has 106 valence electrons. The van der Waals surface area contributed by atoms with Crippen molar-refractivity contribution in [3.8, 4) is 5.75 Å². The summed E-state index contributed by atoms with van der Waals surface area (Å²) in [5, 5.41) is 3.25. The summed E-state index contributed by atoms with van der Waals surface area (Å²) in [4.78, 5) is 0. The molecule has 0 aliphatic carbocycles. The molecule has 0 radical (unpaired) electrons. The van der Waals surface area contributed by atoms with Gasteiger partial charge in [0.25, 0.3) is 0 Å². The minimum Gasteiger partial charge on any atom is -0.494 e. The van der Waals surface area contributed by atoms with Gasteiger partial charge in [-0.15, -0.1) is 0 Å². The summed E-state index contributed by atoms with van der Waals surface area (Å²) in [6, 6.07) is 13.5. The van der Waals surface area contributed by atoms with Crippen molar-refractivity contribution in [2.24, 2.45) is 0 Å². The van der Waals surface area contributed by atoms with Gasteiger partial charge in [-0.3, -0.25) is 0 Å². The molecule has 0 spiro atoms. The van der Waals surface area contributed by atoms with E-state index < -0.39 is 0 Å².